The van der Waals surface area contributed by atoms with Crippen LogP contribution in [0.4, 0.5) is 0 Å². The maximum atomic E-state index is 12.7. The molecule has 0 saturated carbocycles. The lowest BCUT2D eigenvalue weighted by Gasteiger charge is -2.23. The van der Waals surface area contributed by atoms with Crippen molar-refractivity contribution in [1.29, 1.82) is 0 Å². The molecule has 0 unspecified atom stereocenters. The average molecular weight is 401 g/mol. The second-order valence-electron chi connectivity index (χ2n) is 7.19. The summed E-state index contributed by atoms with van der Waals surface area (Å²) in [6.45, 7) is 3.05. The van der Waals surface area contributed by atoms with Crippen molar-refractivity contribution in [2.45, 2.75) is 82.8 Å². The highest BCUT2D eigenvalue weighted by Crippen LogP contribution is 2.07. The first-order chi connectivity index (χ1) is 13.4. The lowest BCUT2D eigenvalue weighted by atomic mass is 10.0. The van der Waals surface area contributed by atoms with Gasteiger partial charge in [0.1, 0.15) is 6.04 Å². The molecule has 0 aliphatic carbocycles. The molecule has 0 rings (SSSR count). The largest absolute Gasteiger partial charge is 0.345 e. The fourth-order valence-corrected chi connectivity index (χ4v) is 2.82. The summed E-state index contributed by atoms with van der Waals surface area (Å²) in [7, 11) is 0. The lowest BCUT2D eigenvalue weighted by molar-refractivity contribution is -0.131. The highest BCUT2D eigenvalue weighted by molar-refractivity contribution is 5.92. The molecule has 0 aliphatic heterocycles. The van der Waals surface area contributed by atoms with E-state index in [4.69, 9.17) is 22.9 Å². The standard InChI is InChI=1S/C19H40N6O3/c1-14(26)16(9-3-6-12-21)24-19(28)17(10-4-7-13-22)25-18(27)15(23)8-2-5-11-20/h15-17H,2-13,20-23H2,1H3,(H,24,28)(H,25,27)/t15-,16-,17-/m0/s1. The predicted molar refractivity (Wildman–Crippen MR) is 111 cm³/mol. The van der Waals surface area contributed by atoms with Crippen LogP contribution in [0.3, 0.4) is 0 Å². The van der Waals surface area contributed by atoms with E-state index >= 15 is 0 Å². The van der Waals surface area contributed by atoms with Crippen LogP contribution in [0.1, 0.15) is 64.7 Å². The van der Waals surface area contributed by atoms with Gasteiger partial charge in [0.25, 0.3) is 0 Å². The Hall–Kier alpha value is -1.55. The van der Waals surface area contributed by atoms with Crippen LogP contribution in [0.15, 0.2) is 0 Å². The van der Waals surface area contributed by atoms with E-state index in [0.29, 0.717) is 45.3 Å². The van der Waals surface area contributed by atoms with Crippen LogP contribution in [0.2, 0.25) is 0 Å². The summed E-state index contributed by atoms with van der Waals surface area (Å²) in [4.78, 5) is 36.9. The number of amides is 2. The van der Waals surface area contributed by atoms with Gasteiger partial charge in [-0.2, -0.15) is 0 Å². The van der Waals surface area contributed by atoms with Gasteiger partial charge in [0, 0.05) is 0 Å². The molecule has 0 radical (unpaired) electrons. The van der Waals surface area contributed by atoms with Crippen LogP contribution in [0.5, 0.6) is 0 Å². The topological polar surface area (TPSA) is 179 Å². The van der Waals surface area contributed by atoms with Gasteiger partial charge in [0.2, 0.25) is 11.8 Å². The highest BCUT2D eigenvalue weighted by Gasteiger charge is 2.26. The number of Topliss-reactive ketones (excluding diaryl/α,β-unsaturated/α-hetero) is 1. The van der Waals surface area contributed by atoms with Crippen LogP contribution in [-0.4, -0.2) is 55.4 Å². The van der Waals surface area contributed by atoms with Crippen molar-refractivity contribution in [3.8, 4) is 0 Å². The number of carbonyl (C=O) groups excluding carboxylic acids is 3. The molecule has 0 aromatic rings. The van der Waals surface area contributed by atoms with Crippen molar-refractivity contribution in [1.82, 2.24) is 10.6 Å². The van der Waals surface area contributed by atoms with Crippen LogP contribution in [-0.2, 0) is 14.4 Å². The van der Waals surface area contributed by atoms with Crippen LogP contribution < -0.4 is 33.6 Å². The highest BCUT2D eigenvalue weighted by atomic mass is 16.2. The van der Waals surface area contributed by atoms with Gasteiger partial charge < -0.3 is 33.6 Å². The molecule has 0 aliphatic rings. The minimum atomic E-state index is -0.740. The molecule has 164 valence electrons. The van der Waals surface area contributed by atoms with E-state index in [1.807, 2.05) is 0 Å². The van der Waals surface area contributed by atoms with Crippen molar-refractivity contribution in [2.75, 3.05) is 19.6 Å². The molecule has 0 spiro atoms. The maximum absolute atomic E-state index is 12.7. The summed E-state index contributed by atoms with van der Waals surface area (Å²) in [5.41, 5.74) is 22.4. The smallest absolute Gasteiger partial charge is 0.243 e. The molecular weight excluding hydrogens is 360 g/mol. The maximum Gasteiger partial charge on any atom is 0.243 e. The SMILES string of the molecule is CC(=O)[C@H](CCCCN)NC(=O)[C@H](CCCCN)NC(=O)[C@@H](N)CCCCN. The van der Waals surface area contributed by atoms with E-state index in [2.05, 4.69) is 10.6 Å². The van der Waals surface area contributed by atoms with Crippen molar-refractivity contribution in [2.24, 2.45) is 22.9 Å². The predicted octanol–water partition coefficient (Wildman–Crippen LogP) is -0.741. The van der Waals surface area contributed by atoms with Gasteiger partial charge in [-0.1, -0.05) is 6.42 Å². The van der Waals surface area contributed by atoms with Gasteiger partial charge in [-0.05, 0) is 77.9 Å². The number of ketones is 1. The summed E-state index contributed by atoms with van der Waals surface area (Å²) in [6, 6.07) is -2.01. The Morgan fingerprint density at radius 1 is 0.679 bits per heavy atom. The van der Waals surface area contributed by atoms with Gasteiger partial charge in [0.05, 0.1) is 12.1 Å². The third-order valence-corrected chi connectivity index (χ3v) is 4.64. The van der Waals surface area contributed by atoms with Crippen LogP contribution in [0.25, 0.3) is 0 Å². The van der Waals surface area contributed by atoms with Crippen molar-refractivity contribution in [3.05, 3.63) is 0 Å². The Bertz CT molecular complexity index is 461. The van der Waals surface area contributed by atoms with E-state index in [0.717, 1.165) is 32.1 Å². The molecular formula is C19H40N6O3. The Balaban J connectivity index is 4.86. The third kappa shape index (κ3) is 12.0. The summed E-state index contributed by atoms with van der Waals surface area (Å²) in [5, 5.41) is 5.50. The van der Waals surface area contributed by atoms with Gasteiger partial charge >= 0.3 is 0 Å². The second-order valence-corrected chi connectivity index (χ2v) is 7.19. The summed E-state index contributed by atoms with van der Waals surface area (Å²) in [5.74, 6) is -0.851. The third-order valence-electron chi connectivity index (χ3n) is 4.64. The van der Waals surface area contributed by atoms with Crippen molar-refractivity contribution < 1.29 is 14.4 Å². The quantitative estimate of drug-likeness (QED) is 0.174. The Labute approximate surface area is 168 Å². The number of nitrogens with two attached hydrogens (primary N) is 4. The normalized spacial score (nSPS) is 14.2. The van der Waals surface area contributed by atoms with Crippen molar-refractivity contribution >= 4 is 17.6 Å². The summed E-state index contributed by atoms with van der Waals surface area (Å²) < 4.78 is 0. The first-order valence-electron chi connectivity index (χ1n) is 10.3. The first-order valence-corrected chi connectivity index (χ1v) is 10.3. The minimum Gasteiger partial charge on any atom is -0.345 e. The minimum absolute atomic E-state index is 0.115. The molecule has 28 heavy (non-hydrogen) atoms. The number of nitrogens with one attached hydrogen (secondary N) is 2. The number of carbonyl (C=O) groups is 3. The molecule has 9 heteroatoms. The zero-order valence-electron chi connectivity index (χ0n) is 17.3. The Morgan fingerprint density at radius 2 is 1.11 bits per heavy atom. The lowest BCUT2D eigenvalue weighted by Crippen LogP contribution is -2.54. The molecule has 0 bridgehead atoms. The average Bonchev–Trinajstić information content (AvgIpc) is 2.66. The van der Waals surface area contributed by atoms with Crippen LogP contribution >= 0.6 is 0 Å². The molecule has 0 fully saturated rings. The van der Waals surface area contributed by atoms with E-state index in [-0.39, 0.29) is 17.6 Å². The molecule has 0 aromatic heterocycles. The zero-order chi connectivity index (χ0) is 21.4. The van der Waals surface area contributed by atoms with E-state index in [1.165, 1.54) is 6.92 Å². The number of hydrogen-bond acceptors (Lipinski definition) is 7. The van der Waals surface area contributed by atoms with Crippen molar-refractivity contribution in [3.63, 3.8) is 0 Å². The molecule has 10 N–H and O–H groups in total. The molecule has 3 atom stereocenters. The first kappa shape index (κ1) is 26.4. The monoisotopic (exact) mass is 400 g/mol. The molecule has 0 saturated heterocycles. The fourth-order valence-electron chi connectivity index (χ4n) is 2.82. The number of hydrogen-bond donors (Lipinski definition) is 6. The fraction of sp³-hybridized carbons (Fsp3) is 0.842. The molecule has 0 heterocycles. The molecule has 0 aromatic carbocycles. The van der Waals surface area contributed by atoms with E-state index in [9.17, 15) is 14.4 Å². The Kier molecular flexibility index (Phi) is 15.5. The van der Waals surface area contributed by atoms with E-state index < -0.39 is 18.1 Å². The second kappa shape index (κ2) is 16.4. The van der Waals surface area contributed by atoms with Gasteiger partial charge in [-0.15, -0.1) is 0 Å². The van der Waals surface area contributed by atoms with E-state index in [1.54, 1.807) is 0 Å². The van der Waals surface area contributed by atoms with Crippen LogP contribution in [0, 0.1) is 0 Å². The molecule has 2 amide bonds. The van der Waals surface area contributed by atoms with Gasteiger partial charge in [-0.25, -0.2) is 0 Å². The van der Waals surface area contributed by atoms with Gasteiger partial charge in [-0.3, -0.25) is 14.4 Å². The molecule has 9 nitrogen and oxygen atoms in total. The summed E-state index contributed by atoms with van der Waals surface area (Å²) in [6.07, 6.45) is 6.00. The Morgan fingerprint density at radius 3 is 1.57 bits per heavy atom. The zero-order valence-corrected chi connectivity index (χ0v) is 17.3. The summed E-state index contributed by atoms with van der Waals surface area (Å²) >= 11 is 0. The van der Waals surface area contributed by atoms with Gasteiger partial charge in [0.15, 0.2) is 5.78 Å². The number of unbranched alkanes of at least 4 members (excludes halogenated alkanes) is 3. The number of rotatable bonds is 17.